The number of nitro benzene ring substituents is 1. The molecule has 0 N–H and O–H groups in total. The largest absolute Gasteiger partial charge is 0.468 e. The van der Waals surface area contributed by atoms with Gasteiger partial charge in [-0.3, -0.25) is 10.1 Å². The quantitative estimate of drug-likeness (QED) is 0.313. The minimum absolute atomic E-state index is 0.0498. The first kappa shape index (κ1) is 10.5. The van der Waals surface area contributed by atoms with E-state index in [1.54, 1.807) is 0 Å². The molecule has 1 rings (SSSR count). The van der Waals surface area contributed by atoms with Crippen LogP contribution in [-0.2, 0) is 4.74 Å². The molecule has 0 heterocycles. The Hall–Kier alpha value is -1.62. The monoisotopic (exact) mass is 197 g/mol. The van der Waals surface area contributed by atoms with Gasteiger partial charge in [-0.1, -0.05) is 0 Å². The van der Waals surface area contributed by atoms with Crippen LogP contribution in [0.1, 0.15) is 6.92 Å². The van der Waals surface area contributed by atoms with Gasteiger partial charge in [0.1, 0.15) is 5.75 Å². The lowest BCUT2D eigenvalue weighted by Crippen LogP contribution is -2.01. The average Bonchev–Trinajstić information content (AvgIpc) is 2.19. The fourth-order valence-corrected chi connectivity index (χ4v) is 0.857. The van der Waals surface area contributed by atoms with E-state index in [-0.39, 0.29) is 12.5 Å². The van der Waals surface area contributed by atoms with Gasteiger partial charge in [0.2, 0.25) is 0 Å². The van der Waals surface area contributed by atoms with Crippen molar-refractivity contribution in [2.24, 2.45) is 0 Å². The molecule has 0 spiro atoms. The van der Waals surface area contributed by atoms with Crippen molar-refractivity contribution >= 4 is 5.69 Å². The van der Waals surface area contributed by atoms with E-state index >= 15 is 0 Å². The summed E-state index contributed by atoms with van der Waals surface area (Å²) in [4.78, 5) is 9.86. The van der Waals surface area contributed by atoms with Gasteiger partial charge in [-0.15, -0.1) is 0 Å². The van der Waals surface area contributed by atoms with E-state index in [1.807, 2.05) is 6.92 Å². The van der Waals surface area contributed by atoms with E-state index in [4.69, 9.17) is 9.47 Å². The second-order valence-corrected chi connectivity index (χ2v) is 2.51. The first-order valence-electron chi connectivity index (χ1n) is 4.19. The third-order valence-electron chi connectivity index (χ3n) is 1.56. The van der Waals surface area contributed by atoms with Gasteiger partial charge in [-0.25, -0.2) is 0 Å². The molecule has 0 amide bonds. The summed E-state index contributed by atoms with van der Waals surface area (Å²) in [5, 5.41) is 10.3. The van der Waals surface area contributed by atoms with Crippen molar-refractivity contribution in [3.63, 3.8) is 0 Å². The Morgan fingerprint density at radius 2 is 2.00 bits per heavy atom. The number of hydrogen-bond acceptors (Lipinski definition) is 4. The molecule has 0 unspecified atom stereocenters. The van der Waals surface area contributed by atoms with Crippen LogP contribution < -0.4 is 4.74 Å². The molecule has 5 nitrogen and oxygen atoms in total. The first-order chi connectivity index (χ1) is 6.74. The van der Waals surface area contributed by atoms with E-state index in [2.05, 4.69) is 0 Å². The molecule has 5 heteroatoms. The molecule has 0 aromatic heterocycles. The second-order valence-electron chi connectivity index (χ2n) is 2.51. The zero-order valence-corrected chi connectivity index (χ0v) is 7.80. The van der Waals surface area contributed by atoms with Crippen LogP contribution >= 0.6 is 0 Å². The zero-order valence-electron chi connectivity index (χ0n) is 7.80. The van der Waals surface area contributed by atoms with E-state index in [9.17, 15) is 10.1 Å². The van der Waals surface area contributed by atoms with Crippen molar-refractivity contribution in [2.75, 3.05) is 13.4 Å². The second kappa shape index (κ2) is 5.18. The SMILES string of the molecule is CCOCOc1ccc([N+](=O)[O-])cc1. The van der Waals surface area contributed by atoms with Crippen molar-refractivity contribution in [1.82, 2.24) is 0 Å². The summed E-state index contributed by atoms with van der Waals surface area (Å²) in [6, 6.07) is 5.86. The van der Waals surface area contributed by atoms with Gasteiger partial charge in [0, 0.05) is 18.7 Å². The summed E-state index contributed by atoms with van der Waals surface area (Å²) in [7, 11) is 0. The maximum Gasteiger partial charge on any atom is 0.269 e. The number of rotatable bonds is 5. The molecule has 1 aromatic rings. The Balaban J connectivity index is 2.51. The average molecular weight is 197 g/mol. The van der Waals surface area contributed by atoms with Gasteiger partial charge in [0.15, 0.2) is 6.79 Å². The number of benzene rings is 1. The molecule has 0 aliphatic carbocycles. The van der Waals surface area contributed by atoms with Crippen molar-refractivity contribution in [3.8, 4) is 5.75 Å². The summed E-state index contributed by atoms with van der Waals surface area (Å²) in [5.41, 5.74) is 0.0498. The highest BCUT2D eigenvalue weighted by Gasteiger charge is 2.03. The summed E-state index contributed by atoms with van der Waals surface area (Å²) < 4.78 is 10.1. The summed E-state index contributed by atoms with van der Waals surface area (Å²) in [6.45, 7) is 2.60. The van der Waals surface area contributed by atoms with Crippen LogP contribution in [-0.4, -0.2) is 18.3 Å². The highest BCUT2D eigenvalue weighted by molar-refractivity contribution is 5.35. The molecule has 0 fully saturated rings. The van der Waals surface area contributed by atoms with Crippen LogP contribution in [0.5, 0.6) is 5.75 Å². The van der Waals surface area contributed by atoms with Crippen molar-refractivity contribution in [3.05, 3.63) is 34.4 Å². The third-order valence-corrected chi connectivity index (χ3v) is 1.56. The Kier molecular flexibility index (Phi) is 3.87. The topological polar surface area (TPSA) is 61.6 Å². The molecule has 0 aliphatic rings. The van der Waals surface area contributed by atoms with Crippen LogP contribution in [0, 0.1) is 10.1 Å². The van der Waals surface area contributed by atoms with Crippen LogP contribution in [0.2, 0.25) is 0 Å². The highest BCUT2D eigenvalue weighted by atomic mass is 16.7. The summed E-state index contributed by atoms with van der Waals surface area (Å²) >= 11 is 0. The van der Waals surface area contributed by atoms with Crippen LogP contribution in [0.25, 0.3) is 0 Å². The molecule has 76 valence electrons. The van der Waals surface area contributed by atoms with Crippen LogP contribution in [0.3, 0.4) is 0 Å². The standard InChI is InChI=1S/C9H11NO4/c1-2-13-7-14-9-5-3-8(4-6-9)10(11)12/h3-6H,2,7H2,1H3. The molecule has 0 aliphatic heterocycles. The Bertz CT molecular complexity index is 296. The Morgan fingerprint density at radius 3 is 2.50 bits per heavy atom. The molecular formula is C9H11NO4. The van der Waals surface area contributed by atoms with E-state index in [1.165, 1.54) is 24.3 Å². The number of hydrogen-bond donors (Lipinski definition) is 0. The first-order valence-corrected chi connectivity index (χ1v) is 4.19. The summed E-state index contributed by atoms with van der Waals surface area (Å²) in [5.74, 6) is 0.559. The summed E-state index contributed by atoms with van der Waals surface area (Å²) in [6.07, 6.45) is 0. The number of non-ortho nitro benzene ring substituents is 1. The van der Waals surface area contributed by atoms with E-state index in [0.29, 0.717) is 12.4 Å². The third kappa shape index (κ3) is 3.02. The van der Waals surface area contributed by atoms with Gasteiger partial charge < -0.3 is 9.47 Å². The van der Waals surface area contributed by atoms with Gasteiger partial charge in [-0.05, 0) is 19.1 Å². The maximum absolute atomic E-state index is 10.3. The van der Waals surface area contributed by atoms with E-state index < -0.39 is 4.92 Å². The lowest BCUT2D eigenvalue weighted by atomic mass is 10.3. The van der Waals surface area contributed by atoms with Crippen LogP contribution in [0.4, 0.5) is 5.69 Å². The fourth-order valence-electron chi connectivity index (χ4n) is 0.857. The van der Waals surface area contributed by atoms with Gasteiger partial charge >= 0.3 is 0 Å². The molecule has 0 bridgehead atoms. The minimum Gasteiger partial charge on any atom is -0.468 e. The predicted molar refractivity (Wildman–Crippen MR) is 50.2 cm³/mol. The van der Waals surface area contributed by atoms with Gasteiger partial charge in [0.05, 0.1) is 4.92 Å². The van der Waals surface area contributed by atoms with Crippen molar-refractivity contribution in [2.45, 2.75) is 6.92 Å². The van der Waals surface area contributed by atoms with Gasteiger partial charge in [-0.2, -0.15) is 0 Å². The van der Waals surface area contributed by atoms with E-state index in [0.717, 1.165) is 0 Å². The molecular weight excluding hydrogens is 186 g/mol. The normalized spacial score (nSPS) is 9.79. The molecule has 0 saturated heterocycles. The zero-order chi connectivity index (χ0) is 10.4. The highest BCUT2D eigenvalue weighted by Crippen LogP contribution is 2.16. The molecule has 14 heavy (non-hydrogen) atoms. The lowest BCUT2D eigenvalue weighted by molar-refractivity contribution is -0.384. The number of ether oxygens (including phenoxy) is 2. The molecule has 0 atom stereocenters. The smallest absolute Gasteiger partial charge is 0.269 e. The fraction of sp³-hybridized carbons (Fsp3) is 0.333. The molecule has 0 saturated carbocycles. The maximum atomic E-state index is 10.3. The molecule has 0 radical (unpaired) electrons. The molecule has 1 aromatic carbocycles. The lowest BCUT2D eigenvalue weighted by Gasteiger charge is -2.04. The minimum atomic E-state index is -0.452. The Morgan fingerprint density at radius 1 is 1.36 bits per heavy atom. The van der Waals surface area contributed by atoms with Crippen molar-refractivity contribution < 1.29 is 14.4 Å². The van der Waals surface area contributed by atoms with Crippen LogP contribution in [0.15, 0.2) is 24.3 Å². The predicted octanol–water partition coefficient (Wildman–Crippen LogP) is 1.97. The Labute approximate surface area is 81.4 Å². The van der Waals surface area contributed by atoms with Gasteiger partial charge in [0.25, 0.3) is 5.69 Å². The van der Waals surface area contributed by atoms with Crippen molar-refractivity contribution in [1.29, 1.82) is 0 Å². The number of nitro groups is 1. The number of nitrogens with zero attached hydrogens (tertiary/aromatic N) is 1.